The van der Waals surface area contributed by atoms with Crippen LogP contribution in [0.3, 0.4) is 0 Å². The molecule has 2 fully saturated rings. The second-order valence-electron chi connectivity index (χ2n) is 5.65. The Morgan fingerprint density at radius 2 is 2.10 bits per heavy atom. The summed E-state index contributed by atoms with van der Waals surface area (Å²) in [6.45, 7) is 6.74. The number of aromatic nitrogens is 1. The average Bonchev–Trinajstić information content (AvgIpc) is 3.01. The molecule has 2 aliphatic heterocycles. The lowest BCUT2D eigenvalue weighted by molar-refractivity contribution is 0.0655. The zero-order chi connectivity index (χ0) is 13.9. The summed E-state index contributed by atoms with van der Waals surface area (Å²) in [7, 11) is 0. The number of carbonyl (C=O) groups is 1. The first-order valence-corrected chi connectivity index (χ1v) is 7.48. The third-order valence-corrected chi connectivity index (χ3v) is 4.19. The Balaban J connectivity index is 1.71. The predicted molar refractivity (Wildman–Crippen MR) is 79.1 cm³/mol. The van der Waals surface area contributed by atoms with Crippen molar-refractivity contribution in [1.29, 1.82) is 0 Å². The maximum atomic E-state index is 12.5. The molecule has 0 spiro atoms. The van der Waals surface area contributed by atoms with Crippen molar-refractivity contribution >= 4 is 11.7 Å². The van der Waals surface area contributed by atoms with Crippen LogP contribution >= 0.6 is 0 Å². The first-order valence-electron chi connectivity index (χ1n) is 7.48. The fourth-order valence-corrected chi connectivity index (χ4v) is 2.95. The van der Waals surface area contributed by atoms with E-state index in [0.717, 1.165) is 38.5 Å². The van der Waals surface area contributed by atoms with Crippen molar-refractivity contribution in [3.05, 3.63) is 23.9 Å². The number of hydrogen-bond donors (Lipinski definition) is 1. The molecule has 2 saturated heterocycles. The summed E-state index contributed by atoms with van der Waals surface area (Å²) in [5.41, 5.74) is 0.696. The fraction of sp³-hybridized carbons (Fsp3) is 0.600. The summed E-state index contributed by atoms with van der Waals surface area (Å²) in [5, 5.41) is 3.30. The zero-order valence-electron chi connectivity index (χ0n) is 12.0. The van der Waals surface area contributed by atoms with Crippen LogP contribution in [0.2, 0.25) is 0 Å². The molecule has 108 valence electrons. The van der Waals surface area contributed by atoms with Crippen molar-refractivity contribution in [3.63, 3.8) is 0 Å². The molecule has 1 atom stereocenters. The van der Waals surface area contributed by atoms with Crippen molar-refractivity contribution in [2.24, 2.45) is 0 Å². The van der Waals surface area contributed by atoms with Gasteiger partial charge >= 0.3 is 0 Å². The zero-order valence-corrected chi connectivity index (χ0v) is 12.0. The van der Waals surface area contributed by atoms with Crippen LogP contribution in [0, 0.1) is 0 Å². The molecular formula is C15H22N4O. The average molecular weight is 274 g/mol. The van der Waals surface area contributed by atoms with Crippen molar-refractivity contribution in [1.82, 2.24) is 15.2 Å². The smallest absolute Gasteiger partial charge is 0.255 e. The lowest BCUT2D eigenvalue weighted by Crippen LogP contribution is -2.52. The van der Waals surface area contributed by atoms with Gasteiger partial charge in [-0.25, -0.2) is 4.98 Å². The van der Waals surface area contributed by atoms with Crippen LogP contribution < -0.4 is 10.2 Å². The van der Waals surface area contributed by atoms with Gasteiger partial charge in [-0.1, -0.05) is 0 Å². The largest absolute Gasteiger partial charge is 0.357 e. The van der Waals surface area contributed by atoms with E-state index in [1.54, 1.807) is 6.20 Å². The Labute approximate surface area is 120 Å². The van der Waals surface area contributed by atoms with Crippen molar-refractivity contribution in [2.45, 2.75) is 25.8 Å². The molecule has 2 aliphatic rings. The topological polar surface area (TPSA) is 48.5 Å². The maximum absolute atomic E-state index is 12.5. The predicted octanol–water partition coefficient (Wildman–Crippen LogP) is 1.12. The van der Waals surface area contributed by atoms with E-state index in [1.165, 1.54) is 12.8 Å². The van der Waals surface area contributed by atoms with Gasteiger partial charge in [0.1, 0.15) is 5.82 Å². The van der Waals surface area contributed by atoms with Crippen LogP contribution in [-0.4, -0.2) is 54.6 Å². The summed E-state index contributed by atoms with van der Waals surface area (Å²) < 4.78 is 0. The Bertz CT molecular complexity index is 467. The van der Waals surface area contributed by atoms with Gasteiger partial charge in [0, 0.05) is 45.0 Å². The molecule has 0 aliphatic carbocycles. The number of nitrogens with zero attached hydrogens (tertiary/aromatic N) is 3. The van der Waals surface area contributed by atoms with Gasteiger partial charge in [-0.05, 0) is 31.9 Å². The van der Waals surface area contributed by atoms with Crippen LogP contribution in [0.1, 0.15) is 30.1 Å². The Hall–Kier alpha value is -1.62. The van der Waals surface area contributed by atoms with E-state index in [2.05, 4.69) is 22.1 Å². The quantitative estimate of drug-likeness (QED) is 0.878. The number of nitrogens with one attached hydrogen (secondary N) is 1. The van der Waals surface area contributed by atoms with E-state index in [1.807, 2.05) is 17.0 Å². The normalized spacial score (nSPS) is 23.1. The Morgan fingerprint density at radius 3 is 2.75 bits per heavy atom. The number of piperazine rings is 1. The van der Waals surface area contributed by atoms with Crippen molar-refractivity contribution in [3.8, 4) is 0 Å². The molecular weight excluding hydrogens is 252 g/mol. The summed E-state index contributed by atoms with van der Waals surface area (Å²) in [6.07, 6.45) is 4.20. The highest BCUT2D eigenvalue weighted by Crippen LogP contribution is 2.18. The number of amides is 1. The minimum absolute atomic E-state index is 0.0967. The van der Waals surface area contributed by atoms with Gasteiger partial charge in [0.2, 0.25) is 0 Å². The maximum Gasteiger partial charge on any atom is 0.255 e. The van der Waals surface area contributed by atoms with Crippen LogP contribution in [0.15, 0.2) is 18.3 Å². The minimum Gasteiger partial charge on any atom is -0.357 e. The highest BCUT2D eigenvalue weighted by molar-refractivity contribution is 5.94. The van der Waals surface area contributed by atoms with Gasteiger partial charge in [0.15, 0.2) is 0 Å². The molecule has 0 aromatic carbocycles. The number of hydrogen-bond acceptors (Lipinski definition) is 4. The Morgan fingerprint density at radius 1 is 1.30 bits per heavy atom. The molecule has 0 unspecified atom stereocenters. The second-order valence-corrected chi connectivity index (χ2v) is 5.65. The fourth-order valence-electron chi connectivity index (χ4n) is 2.95. The van der Waals surface area contributed by atoms with Crippen molar-refractivity contribution < 1.29 is 4.79 Å². The lowest BCUT2D eigenvalue weighted by Gasteiger charge is -2.34. The molecule has 5 nitrogen and oxygen atoms in total. The van der Waals surface area contributed by atoms with E-state index in [0.29, 0.717) is 5.56 Å². The first-order chi connectivity index (χ1) is 9.75. The summed E-state index contributed by atoms with van der Waals surface area (Å²) in [5.74, 6) is 1.09. The third-order valence-electron chi connectivity index (χ3n) is 4.19. The summed E-state index contributed by atoms with van der Waals surface area (Å²) >= 11 is 0. The number of pyridine rings is 1. The highest BCUT2D eigenvalue weighted by atomic mass is 16.2. The lowest BCUT2D eigenvalue weighted by atomic mass is 10.1. The van der Waals surface area contributed by atoms with E-state index in [9.17, 15) is 4.79 Å². The molecule has 1 amide bonds. The SMILES string of the molecule is C[C@H]1CNCCN1C(=O)c1ccc(N2CCCC2)nc1. The van der Waals surface area contributed by atoms with Gasteiger partial charge in [-0.3, -0.25) is 4.79 Å². The monoisotopic (exact) mass is 274 g/mol. The van der Waals surface area contributed by atoms with Gasteiger partial charge in [-0.15, -0.1) is 0 Å². The van der Waals surface area contributed by atoms with Crippen LogP contribution in [0.4, 0.5) is 5.82 Å². The van der Waals surface area contributed by atoms with Crippen LogP contribution in [-0.2, 0) is 0 Å². The van der Waals surface area contributed by atoms with Crippen molar-refractivity contribution in [2.75, 3.05) is 37.6 Å². The minimum atomic E-state index is 0.0967. The standard InChI is InChI=1S/C15H22N4O/c1-12-10-16-6-9-19(12)15(20)13-4-5-14(17-11-13)18-7-2-3-8-18/h4-5,11-12,16H,2-3,6-10H2,1H3/t12-/m0/s1. The molecule has 20 heavy (non-hydrogen) atoms. The number of carbonyl (C=O) groups excluding carboxylic acids is 1. The van der Waals surface area contributed by atoms with Crippen LogP contribution in [0.25, 0.3) is 0 Å². The molecule has 5 heteroatoms. The molecule has 3 heterocycles. The molecule has 1 aromatic heterocycles. The molecule has 0 bridgehead atoms. The van der Waals surface area contributed by atoms with Gasteiger partial charge in [0.25, 0.3) is 5.91 Å². The van der Waals surface area contributed by atoms with E-state index in [4.69, 9.17) is 0 Å². The summed E-state index contributed by atoms with van der Waals surface area (Å²) in [6, 6.07) is 4.14. The van der Waals surface area contributed by atoms with E-state index < -0.39 is 0 Å². The number of rotatable bonds is 2. The molecule has 3 rings (SSSR count). The van der Waals surface area contributed by atoms with E-state index in [-0.39, 0.29) is 11.9 Å². The Kier molecular flexibility index (Phi) is 3.87. The number of anilines is 1. The van der Waals surface area contributed by atoms with Gasteiger partial charge in [0.05, 0.1) is 5.56 Å². The molecule has 1 aromatic rings. The van der Waals surface area contributed by atoms with Crippen LogP contribution in [0.5, 0.6) is 0 Å². The second kappa shape index (κ2) is 5.79. The molecule has 1 N–H and O–H groups in total. The molecule has 0 radical (unpaired) electrons. The highest BCUT2D eigenvalue weighted by Gasteiger charge is 2.24. The summed E-state index contributed by atoms with van der Waals surface area (Å²) in [4.78, 5) is 21.2. The third kappa shape index (κ3) is 2.63. The first kappa shape index (κ1) is 13.4. The van der Waals surface area contributed by atoms with Gasteiger partial charge < -0.3 is 15.1 Å². The van der Waals surface area contributed by atoms with E-state index >= 15 is 0 Å². The van der Waals surface area contributed by atoms with Gasteiger partial charge in [-0.2, -0.15) is 0 Å². The molecule has 0 saturated carbocycles.